The minimum atomic E-state index is -2.94. The molecule has 176 valence electrons. The molecular weight excluding hydrogens is 444 g/mol. The third kappa shape index (κ3) is 4.12. The Balaban J connectivity index is 1.50. The van der Waals surface area contributed by atoms with E-state index in [0.29, 0.717) is 41.9 Å². The fourth-order valence-electron chi connectivity index (χ4n) is 4.31. The Hall–Kier alpha value is -3.79. The van der Waals surface area contributed by atoms with Gasteiger partial charge in [0, 0.05) is 43.7 Å². The summed E-state index contributed by atoms with van der Waals surface area (Å²) < 4.78 is 33.6. The van der Waals surface area contributed by atoms with Gasteiger partial charge in [0.25, 0.3) is 5.56 Å². The number of para-hydroxylation sites is 1. The molecule has 0 bridgehead atoms. The number of aliphatic hydroxyl groups is 1. The van der Waals surface area contributed by atoms with E-state index >= 15 is 0 Å². The van der Waals surface area contributed by atoms with Gasteiger partial charge in [0.05, 0.1) is 23.6 Å². The smallest absolute Gasteiger partial charge is 0.387 e. The van der Waals surface area contributed by atoms with E-state index in [0.717, 1.165) is 11.1 Å². The van der Waals surface area contributed by atoms with Gasteiger partial charge in [-0.1, -0.05) is 24.3 Å². The highest BCUT2D eigenvalue weighted by Gasteiger charge is 2.22. The second-order valence-corrected chi connectivity index (χ2v) is 8.26. The molecular formula is C24H23F2N5O3. The molecule has 8 nitrogen and oxygen atoms in total. The van der Waals surface area contributed by atoms with Gasteiger partial charge in [-0.2, -0.15) is 8.78 Å². The number of nitrogens with zero attached hydrogens (tertiary/aromatic N) is 5. The Morgan fingerprint density at radius 1 is 1.15 bits per heavy atom. The number of fused-ring (bicyclic) bond motifs is 1. The largest absolute Gasteiger partial charge is 0.434 e. The van der Waals surface area contributed by atoms with Crippen LogP contribution < -0.4 is 15.2 Å². The molecule has 10 heteroatoms. The second kappa shape index (κ2) is 8.86. The van der Waals surface area contributed by atoms with Crippen LogP contribution in [-0.4, -0.2) is 50.2 Å². The van der Waals surface area contributed by atoms with Crippen molar-refractivity contribution >= 4 is 16.9 Å². The van der Waals surface area contributed by atoms with E-state index in [1.807, 2.05) is 17.0 Å². The number of ether oxygens (including phenoxy) is 1. The van der Waals surface area contributed by atoms with Crippen LogP contribution in [0.1, 0.15) is 12.0 Å². The lowest BCUT2D eigenvalue weighted by Crippen LogP contribution is -2.23. The lowest BCUT2D eigenvalue weighted by atomic mass is 10.1. The number of hydrogen-bond acceptors (Lipinski definition) is 6. The number of benzene rings is 2. The standard InChI is InChI=1S/C24H23F2N5O3/c1-29-22(33)19-7-6-15(17-11-27-24(28-12-17)30-9-8-18(32)14-30)10-20(19)31(29)13-16-4-2-3-5-21(16)34-23(25)26/h2-7,10-12,18,23,32H,8-9,13-14H2,1H3/t18-/m1/s1. The summed E-state index contributed by atoms with van der Waals surface area (Å²) in [4.78, 5) is 23.6. The minimum absolute atomic E-state index is 0.0685. The molecule has 1 N–H and O–H groups in total. The Bertz CT molecular complexity index is 1380. The molecule has 2 aromatic carbocycles. The normalized spacial score (nSPS) is 16.0. The fraction of sp³-hybridized carbons (Fsp3) is 0.292. The zero-order valence-electron chi connectivity index (χ0n) is 18.4. The van der Waals surface area contributed by atoms with Crippen molar-refractivity contribution in [2.24, 2.45) is 7.05 Å². The van der Waals surface area contributed by atoms with Gasteiger partial charge in [-0.15, -0.1) is 0 Å². The van der Waals surface area contributed by atoms with Gasteiger partial charge >= 0.3 is 6.61 Å². The van der Waals surface area contributed by atoms with Gasteiger partial charge in [0.1, 0.15) is 5.75 Å². The summed E-state index contributed by atoms with van der Waals surface area (Å²) in [6, 6.07) is 12.0. The zero-order valence-corrected chi connectivity index (χ0v) is 18.4. The lowest BCUT2D eigenvalue weighted by Gasteiger charge is -2.15. The lowest BCUT2D eigenvalue weighted by molar-refractivity contribution is -0.0505. The van der Waals surface area contributed by atoms with Crippen LogP contribution in [0.4, 0.5) is 14.7 Å². The van der Waals surface area contributed by atoms with Gasteiger partial charge in [-0.25, -0.2) is 9.97 Å². The van der Waals surface area contributed by atoms with Crippen molar-refractivity contribution in [1.82, 2.24) is 19.3 Å². The molecule has 0 spiro atoms. The van der Waals surface area contributed by atoms with Crippen LogP contribution in [0.2, 0.25) is 0 Å². The third-order valence-corrected chi connectivity index (χ3v) is 6.09. The van der Waals surface area contributed by atoms with E-state index in [9.17, 15) is 18.7 Å². The molecule has 2 aromatic heterocycles. The highest BCUT2D eigenvalue weighted by Crippen LogP contribution is 2.26. The van der Waals surface area contributed by atoms with Crippen molar-refractivity contribution < 1.29 is 18.6 Å². The first-order valence-electron chi connectivity index (χ1n) is 10.9. The SMILES string of the molecule is Cn1c(=O)c2ccc(-c3cnc(N4CC[C@@H](O)C4)nc3)cc2n1Cc1ccccc1OC(F)F. The number of β-amino-alcohol motifs (C(OH)–C–C–N with tert-alkyl or cyclic N) is 1. The first-order chi connectivity index (χ1) is 16.4. The Kier molecular flexibility index (Phi) is 5.74. The van der Waals surface area contributed by atoms with E-state index in [2.05, 4.69) is 14.7 Å². The third-order valence-electron chi connectivity index (χ3n) is 6.09. The van der Waals surface area contributed by atoms with Crippen molar-refractivity contribution in [2.75, 3.05) is 18.0 Å². The molecule has 0 aliphatic carbocycles. The number of rotatable bonds is 6. The van der Waals surface area contributed by atoms with Gasteiger partial charge < -0.3 is 14.7 Å². The molecule has 1 saturated heterocycles. The molecule has 0 amide bonds. The van der Waals surface area contributed by atoms with Crippen LogP contribution in [0.5, 0.6) is 5.75 Å². The quantitative estimate of drug-likeness (QED) is 0.469. The van der Waals surface area contributed by atoms with Crippen LogP contribution in [0.25, 0.3) is 22.0 Å². The molecule has 1 aliphatic heterocycles. The van der Waals surface area contributed by atoms with Crippen LogP contribution in [0.15, 0.2) is 59.7 Å². The van der Waals surface area contributed by atoms with Crippen LogP contribution >= 0.6 is 0 Å². The van der Waals surface area contributed by atoms with Crippen LogP contribution in [0, 0.1) is 0 Å². The van der Waals surface area contributed by atoms with E-state index in [1.165, 1.54) is 10.7 Å². The Labute approximate surface area is 193 Å². The first-order valence-corrected chi connectivity index (χ1v) is 10.9. The summed E-state index contributed by atoms with van der Waals surface area (Å²) in [5.74, 6) is 0.632. The number of aromatic nitrogens is 4. The number of hydrogen-bond donors (Lipinski definition) is 1. The van der Waals surface area contributed by atoms with Crippen molar-refractivity contribution in [3.8, 4) is 16.9 Å². The van der Waals surface area contributed by atoms with Crippen LogP contribution in [0.3, 0.4) is 0 Å². The topological polar surface area (TPSA) is 85.4 Å². The molecule has 5 rings (SSSR count). The Morgan fingerprint density at radius 2 is 1.91 bits per heavy atom. The first kappa shape index (κ1) is 22.0. The maximum Gasteiger partial charge on any atom is 0.387 e. The average molecular weight is 467 g/mol. The van der Waals surface area contributed by atoms with Crippen molar-refractivity contribution in [1.29, 1.82) is 0 Å². The molecule has 1 atom stereocenters. The van der Waals surface area contributed by atoms with Gasteiger partial charge in [-0.05, 0) is 30.2 Å². The zero-order chi connectivity index (χ0) is 23.8. The van der Waals surface area contributed by atoms with E-state index in [1.54, 1.807) is 48.4 Å². The second-order valence-electron chi connectivity index (χ2n) is 8.26. The predicted octanol–water partition coefficient (Wildman–Crippen LogP) is 3.02. The number of halogens is 2. The molecule has 3 heterocycles. The summed E-state index contributed by atoms with van der Waals surface area (Å²) in [7, 11) is 1.64. The van der Waals surface area contributed by atoms with E-state index < -0.39 is 6.61 Å². The maximum atomic E-state index is 12.9. The summed E-state index contributed by atoms with van der Waals surface area (Å²) in [6.45, 7) is -1.55. The summed E-state index contributed by atoms with van der Waals surface area (Å²) in [5.41, 5.74) is 2.59. The average Bonchev–Trinajstić information content (AvgIpc) is 3.37. The van der Waals surface area contributed by atoms with Gasteiger partial charge in [0.15, 0.2) is 0 Å². The van der Waals surface area contributed by atoms with Gasteiger partial charge in [0.2, 0.25) is 5.95 Å². The molecule has 4 aromatic rings. The van der Waals surface area contributed by atoms with E-state index in [4.69, 9.17) is 0 Å². The monoisotopic (exact) mass is 467 g/mol. The molecule has 0 saturated carbocycles. The predicted molar refractivity (Wildman–Crippen MR) is 123 cm³/mol. The maximum absolute atomic E-state index is 12.9. The van der Waals surface area contributed by atoms with E-state index in [-0.39, 0.29) is 24.0 Å². The summed E-state index contributed by atoms with van der Waals surface area (Å²) in [6.07, 6.45) is 3.76. The number of anilines is 1. The molecule has 0 radical (unpaired) electrons. The molecule has 0 unspecified atom stereocenters. The van der Waals surface area contributed by atoms with Crippen molar-refractivity contribution in [3.05, 3.63) is 70.8 Å². The molecule has 1 aliphatic rings. The number of aliphatic hydroxyl groups excluding tert-OH is 1. The van der Waals surface area contributed by atoms with Crippen molar-refractivity contribution in [2.45, 2.75) is 25.7 Å². The van der Waals surface area contributed by atoms with Crippen molar-refractivity contribution in [3.63, 3.8) is 0 Å². The fourth-order valence-corrected chi connectivity index (χ4v) is 4.31. The number of alkyl halides is 2. The highest BCUT2D eigenvalue weighted by molar-refractivity contribution is 5.84. The molecule has 34 heavy (non-hydrogen) atoms. The minimum Gasteiger partial charge on any atom is -0.434 e. The van der Waals surface area contributed by atoms with Gasteiger partial charge in [-0.3, -0.25) is 14.2 Å². The van der Waals surface area contributed by atoms with Crippen LogP contribution in [-0.2, 0) is 13.6 Å². The molecule has 1 fully saturated rings. The highest BCUT2D eigenvalue weighted by atomic mass is 19.3. The summed E-state index contributed by atoms with van der Waals surface area (Å²) >= 11 is 0. The Morgan fingerprint density at radius 3 is 2.62 bits per heavy atom. The summed E-state index contributed by atoms with van der Waals surface area (Å²) in [5, 5.41) is 10.3.